The van der Waals surface area contributed by atoms with E-state index in [4.69, 9.17) is 23.7 Å². The van der Waals surface area contributed by atoms with E-state index in [0.717, 1.165) is 21.6 Å². The summed E-state index contributed by atoms with van der Waals surface area (Å²) in [6.07, 6.45) is 3.21. The van der Waals surface area contributed by atoms with Crippen LogP contribution in [0.4, 0.5) is 0 Å². The van der Waals surface area contributed by atoms with Crippen molar-refractivity contribution < 1.29 is 23.7 Å². The van der Waals surface area contributed by atoms with Crippen LogP contribution in [0.2, 0.25) is 0 Å². The van der Waals surface area contributed by atoms with Crippen LogP contribution < -0.4 is 0 Å². The van der Waals surface area contributed by atoms with Crippen LogP contribution in [-0.2, 0) is 29.3 Å². The third-order valence-electron chi connectivity index (χ3n) is 7.81. The Balaban J connectivity index is 1.58. The summed E-state index contributed by atoms with van der Waals surface area (Å²) >= 11 is 1.59. The average Bonchev–Trinajstić information content (AvgIpc) is 3.12. The maximum atomic E-state index is 7.23. The molecule has 0 amide bonds. The molecule has 0 bridgehead atoms. The standard InChI is InChI=1S/C40H42O5S/c1-4-27-41-36-35(45-39(46-34-25-17-10-18-26-34)38(43-29-6-3)37(36)42-28-5-2)30-44-40(31-19-11-7-12-20-31,32-21-13-8-14-22-32)33-23-15-9-16-24-33/h4-26,35-39H,1-3,27-30H2. The van der Waals surface area contributed by atoms with Crippen LogP contribution in [0, 0.1) is 0 Å². The highest BCUT2D eigenvalue weighted by Crippen LogP contribution is 2.42. The molecule has 0 saturated carbocycles. The second-order valence-corrected chi connectivity index (χ2v) is 12.0. The van der Waals surface area contributed by atoms with E-state index in [0.29, 0.717) is 19.8 Å². The van der Waals surface area contributed by atoms with Gasteiger partial charge in [0, 0.05) is 4.90 Å². The van der Waals surface area contributed by atoms with Gasteiger partial charge in [-0.2, -0.15) is 0 Å². The predicted octanol–water partition coefficient (Wildman–Crippen LogP) is 8.23. The molecule has 4 aromatic carbocycles. The minimum absolute atomic E-state index is 0.203. The van der Waals surface area contributed by atoms with Gasteiger partial charge in [0.1, 0.15) is 35.5 Å². The van der Waals surface area contributed by atoms with Crippen LogP contribution in [0.5, 0.6) is 0 Å². The second-order valence-electron chi connectivity index (χ2n) is 10.8. The summed E-state index contributed by atoms with van der Waals surface area (Å²) in [4.78, 5) is 1.06. The van der Waals surface area contributed by atoms with Gasteiger partial charge in [0.15, 0.2) is 0 Å². The Morgan fingerprint density at radius 1 is 0.565 bits per heavy atom. The van der Waals surface area contributed by atoms with Gasteiger partial charge >= 0.3 is 0 Å². The van der Waals surface area contributed by atoms with E-state index >= 15 is 0 Å². The first-order chi connectivity index (χ1) is 22.7. The van der Waals surface area contributed by atoms with Crippen molar-refractivity contribution in [1.29, 1.82) is 0 Å². The molecule has 238 valence electrons. The Labute approximate surface area is 277 Å². The fourth-order valence-corrected chi connectivity index (χ4v) is 6.97. The third-order valence-corrected chi connectivity index (χ3v) is 8.97. The van der Waals surface area contributed by atoms with Gasteiger partial charge < -0.3 is 23.7 Å². The molecule has 1 aliphatic rings. The van der Waals surface area contributed by atoms with E-state index in [1.807, 2.05) is 72.8 Å². The maximum Gasteiger partial charge on any atom is 0.143 e. The van der Waals surface area contributed by atoms with E-state index in [9.17, 15) is 0 Å². The van der Waals surface area contributed by atoms with E-state index in [1.54, 1.807) is 30.0 Å². The van der Waals surface area contributed by atoms with Crippen LogP contribution in [0.1, 0.15) is 16.7 Å². The molecule has 1 aliphatic heterocycles. The van der Waals surface area contributed by atoms with Gasteiger partial charge in [-0.25, -0.2) is 0 Å². The van der Waals surface area contributed by atoms with Crippen LogP contribution in [0.25, 0.3) is 0 Å². The zero-order chi connectivity index (χ0) is 32.0. The highest BCUT2D eigenvalue weighted by Gasteiger charge is 2.50. The van der Waals surface area contributed by atoms with E-state index in [-0.39, 0.29) is 6.61 Å². The number of thioether (sulfide) groups is 1. The molecule has 5 nitrogen and oxygen atoms in total. The largest absolute Gasteiger partial charge is 0.369 e. The van der Waals surface area contributed by atoms with Gasteiger partial charge in [0.25, 0.3) is 0 Å². The molecule has 0 aromatic heterocycles. The molecule has 1 heterocycles. The Morgan fingerprint density at radius 3 is 1.43 bits per heavy atom. The molecule has 6 heteroatoms. The third kappa shape index (κ3) is 7.96. The number of rotatable bonds is 17. The van der Waals surface area contributed by atoms with Gasteiger partial charge in [-0.3, -0.25) is 0 Å². The van der Waals surface area contributed by atoms with Crippen molar-refractivity contribution >= 4 is 11.8 Å². The average molecular weight is 635 g/mol. The van der Waals surface area contributed by atoms with Gasteiger partial charge in [-0.05, 0) is 28.8 Å². The summed E-state index contributed by atoms with van der Waals surface area (Å²) < 4.78 is 33.4. The molecule has 0 N–H and O–H groups in total. The highest BCUT2D eigenvalue weighted by atomic mass is 32.2. The van der Waals surface area contributed by atoms with Gasteiger partial charge in [-0.15, -0.1) is 19.7 Å². The lowest BCUT2D eigenvalue weighted by Crippen LogP contribution is -2.61. The van der Waals surface area contributed by atoms with Gasteiger partial charge in [0.2, 0.25) is 0 Å². The summed E-state index contributed by atoms with van der Waals surface area (Å²) in [6, 6.07) is 41.1. The van der Waals surface area contributed by atoms with Crippen molar-refractivity contribution in [3.8, 4) is 0 Å². The molecule has 0 aliphatic carbocycles. The van der Waals surface area contributed by atoms with Crippen molar-refractivity contribution in [1.82, 2.24) is 0 Å². The number of hydrogen-bond acceptors (Lipinski definition) is 6. The normalized spacial score (nSPS) is 21.3. The highest BCUT2D eigenvalue weighted by molar-refractivity contribution is 7.99. The van der Waals surface area contributed by atoms with Crippen molar-refractivity contribution in [2.24, 2.45) is 0 Å². The number of benzene rings is 4. The molecular weight excluding hydrogens is 593 g/mol. The first-order valence-electron chi connectivity index (χ1n) is 15.6. The van der Waals surface area contributed by atoms with E-state index < -0.39 is 35.5 Å². The maximum absolute atomic E-state index is 7.23. The minimum Gasteiger partial charge on any atom is -0.369 e. The molecule has 46 heavy (non-hydrogen) atoms. The van der Waals surface area contributed by atoms with Gasteiger partial charge in [0.05, 0.1) is 26.4 Å². The zero-order valence-corrected chi connectivity index (χ0v) is 26.9. The molecule has 5 atom stereocenters. The minimum atomic E-state index is -0.925. The lowest BCUT2D eigenvalue weighted by molar-refractivity contribution is -0.245. The number of hydrogen-bond donors (Lipinski definition) is 0. The topological polar surface area (TPSA) is 46.2 Å². The molecule has 1 fully saturated rings. The van der Waals surface area contributed by atoms with Gasteiger partial charge in [-0.1, -0.05) is 139 Å². The van der Waals surface area contributed by atoms with Crippen LogP contribution in [0.15, 0.2) is 164 Å². The quantitative estimate of drug-likeness (QED) is 0.0862. The Bertz CT molecular complexity index is 1380. The smallest absolute Gasteiger partial charge is 0.143 e. The van der Waals surface area contributed by atoms with E-state index in [1.165, 1.54) is 0 Å². The summed E-state index contributed by atoms with van der Waals surface area (Å²) in [5.41, 5.74) is 1.68. The first kappa shape index (κ1) is 33.6. The predicted molar refractivity (Wildman–Crippen MR) is 186 cm³/mol. The van der Waals surface area contributed by atoms with Crippen molar-refractivity contribution in [3.63, 3.8) is 0 Å². The zero-order valence-electron chi connectivity index (χ0n) is 26.1. The lowest BCUT2D eigenvalue weighted by Gasteiger charge is -2.47. The summed E-state index contributed by atoms with van der Waals surface area (Å²) in [5, 5.41) is 0. The molecular formula is C40H42O5S. The van der Waals surface area contributed by atoms with Crippen molar-refractivity contribution in [3.05, 3.63) is 176 Å². The SMILES string of the molecule is C=CCOC1C(COC(c2ccccc2)(c2ccccc2)c2ccccc2)OC(Sc2ccccc2)C(OCC=C)C1OCC=C. The lowest BCUT2D eigenvalue weighted by atomic mass is 9.80. The second kappa shape index (κ2) is 17.2. The van der Waals surface area contributed by atoms with Crippen LogP contribution in [-0.4, -0.2) is 56.3 Å². The van der Waals surface area contributed by atoms with Crippen LogP contribution in [0.3, 0.4) is 0 Å². The first-order valence-corrected chi connectivity index (χ1v) is 16.4. The number of ether oxygens (including phenoxy) is 5. The Morgan fingerprint density at radius 2 is 0.978 bits per heavy atom. The van der Waals surface area contributed by atoms with Crippen molar-refractivity contribution in [2.45, 2.75) is 40.3 Å². The summed E-state index contributed by atoms with van der Waals surface area (Å²) in [7, 11) is 0. The van der Waals surface area contributed by atoms with Crippen LogP contribution >= 0.6 is 11.8 Å². The van der Waals surface area contributed by atoms with Crippen molar-refractivity contribution in [2.75, 3.05) is 26.4 Å². The Kier molecular flexibility index (Phi) is 12.6. The fourth-order valence-electron chi connectivity index (χ4n) is 5.82. The molecule has 4 aromatic rings. The summed E-state index contributed by atoms with van der Waals surface area (Å²) in [6.45, 7) is 12.8. The molecule has 1 saturated heterocycles. The Hall–Kier alpha value is -3.75. The molecule has 0 spiro atoms. The summed E-state index contributed by atoms with van der Waals surface area (Å²) in [5.74, 6) is 0. The van der Waals surface area contributed by atoms with E-state index in [2.05, 4.69) is 68.3 Å². The molecule has 0 radical (unpaired) electrons. The fraction of sp³-hybridized carbons (Fsp3) is 0.250. The molecule has 5 unspecified atom stereocenters. The molecule has 5 rings (SSSR count). The monoisotopic (exact) mass is 634 g/mol.